The maximum absolute atomic E-state index is 12.7. The summed E-state index contributed by atoms with van der Waals surface area (Å²) >= 11 is 0. The summed E-state index contributed by atoms with van der Waals surface area (Å²) in [7, 11) is 1.87. The Balaban J connectivity index is 1.38. The summed E-state index contributed by atoms with van der Waals surface area (Å²) in [6, 6.07) is 11.6. The Kier molecular flexibility index (Phi) is 5.89. The van der Waals surface area contributed by atoms with Crippen molar-refractivity contribution in [3.8, 4) is 22.9 Å². The van der Waals surface area contributed by atoms with E-state index in [-0.39, 0.29) is 22.9 Å². The van der Waals surface area contributed by atoms with Gasteiger partial charge in [0.2, 0.25) is 5.82 Å². The van der Waals surface area contributed by atoms with E-state index >= 15 is 0 Å². The fraction of sp³-hybridized carbons (Fsp3) is 0.286. The van der Waals surface area contributed by atoms with Crippen LogP contribution in [0.4, 0.5) is 18.9 Å². The number of para-hydroxylation sites is 1. The summed E-state index contributed by atoms with van der Waals surface area (Å²) in [5.74, 6) is -0.727. The predicted octanol–water partition coefficient (Wildman–Crippen LogP) is 3.39. The molecule has 0 aliphatic carbocycles. The van der Waals surface area contributed by atoms with Crippen LogP contribution >= 0.6 is 0 Å². The number of ether oxygens (including phenoxy) is 2. The maximum Gasteiger partial charge on any atom is 0.471 e. The summed E-state index contributed by atoms with van der Waals surface area (Å²) in [6.07, 6.45) is -4.73. The standard InChI is InChI=1S/C21H19F3N4O4/c1-28(15-6-3-7-16-17(15)31-11-10-30-16)9-8-25-19(29)14-5-2-4-13(12-14)18-26-20(32-27-18)21(22,23)24/h2-7,12H,8-11H2,1H3,(H,25,29). The quantitative estimate of drug-likeness (QED) is 0.618. The van der Waals surface area contributed by atoms with E-state index < -0.39 is 12.1 Å². The van der Waals surface area contributed by atoms with Gasteiger partial charge in [0.1, 0.15) is 13.2 Å². The Labute approximate surface area is 180 Å². The highest BCUT2D eigenvalue weighted by Crippen LogP contribution is 2.38. The Morgan fingerprint density at radius 2 is 1.94 bits per heavy atom. The summed E-state index contributed by atoms with van der Waals surface area (Å²) in [6.45, 7) is 1.78. The van der Waals surface area contributed by atoms with Crippen molar-refractivity contribution in [2.45, 2.75) is 6.18 Å². The largest absolute Gasteiger partial charge is 0.486 e. The normalized spacial score (nSPS) is 13.0. The molecule has 4 rings (SSSR count). The Bertz CT molecular complexity index is 1120. The third-order valence-corrected chi connectivity index (χ3v) is 4.74. The SMILES string of the molecule is CN(CCNC(=O)c1cccc(-c2noc(C(F)(F)F)n2)c1)c1cccc2c1OCCO2. The molecule has 11 heteroatoms. The van der Waals surface area contributed by atoms with Crippen molar-refractivity contribution in [1.82, 2.24) is 15.5 Å². The van der Waals surface area contributed by atoms with Gasteiger partial charge >= 0.3 is 12.1 Å². The average molecular weight is 448 g/mol. The molecule has 168 valence electrons. The van der Waals surface area contributed by atoms with E-state index in [0.717, 1.165) is 5.69 Å². The summed E-state index contributed by atoms with van der Waals surface area (Å²) in [4.78, 5) is 17.8. The van der Waals surface area contributed by atoms with Crippen LogP contribution in [0.5, 0.6) is 11.5 Å². The van der Waals surface area contributed by atoms with Crippen LogP contribution in [-0.2, 0) is 6.18 Å². The first-order valence-corrected chi connectivity index (χ1v) is 9.72. The molecule has 0 bridgehead atoms. The molecule has 0 atom stereocenters. The van der Waals surface area contributed by atoms with E-state index in [1.54, 1.807) is 6.07 Å². The minimum Gasteiger partial charge on any atom is -0.486 e. The number of benzene rings is 2. The molecule has 0 saturated carbocycles. The zero-order valence-electron chi connectivity index (χ0n) is 17.0. The third kappa shape index (κ3) is 4.61. The zero-order valence-corrected chi connectivity index (χ0v) is 17.0. The number of rotatable bonds is 6. The molecule has 0 fully saturated rings. The number of likely N-dealkylation sites (N-methyl/N-ethyl adjacent to an activating group) is 1. The van der Waals surface area contributed by atoms with Crippen molar-refractivity contribution < 1.29 is 32.0 Å². The fourth-order valence-electron chi connectivity index (χ4n) is 3.17. The molecule has 0 spiro atoms. The zero-order chi connectivity index (χ0) is 22.7. The maximum atomic E-state index is 12.7. The van der Waals surface area contributed by atoms with Crippen LogP contribution in [-0.4, -0.2) is 49.4 Å². The molecular formula is C21H19F3N4O4. The van der Waals surface area contributed by atoms with Crippen molar-refractivity contribution >= 4 is 11.6 Å². The van der Waals surface area contributed by atoms with Gasteiger partial charge in [-0.2, -0.15) is 18.2 Å². The Hall–Kier alpha value is -3.76. The van der Waals surface area contributed by atoms with Gasteiger partial charge in [0.05, 0.1) is 5.69 Å². The van der Waals surface area contributed by atoms with Gasteiger partial charge in [0.15, 0.2) is 11.5 Å². The Morgan fingerprint density at radius 3 is 2.72 bits per heavy atom. The number of nitrogens with zero attached hydrogens (tertiary/aromatic N) is 3. The minimum absolute atomic E-state index is 0.238. The number of hydrogen-bond acceptors (Lipinski definition) is 7. The molecule has 3 aromatic rings. The molecule has 0 radical (unpaired) electrons. The molecule has 1 amide bonds. The number of carbonyl (C=O) groups is 1. The number of nitrogens with one attached hydrogen (secondary N) is 1. The van der Waals surface area contributed by atoms with Crippen LogP contribution in [0.2, 0.25) is 0 Å². The highest BCUT2D eigenvalue weighted by atomic mass is 19.4. The number of anilines is 1. The number of halogens is 3. The molecular weight excluding hydrogens is 429 g/mol. The molecule has 2 aromatic carbocycles. The van der Waals surface area contributed by atoms with Crippen LogP contribution in [0.1, 0.15) is 16.2 Å². The van der Waals surface area contributed by atoms with Gasteiger partial charge in [-0.15, -0.1) is 0 Å². The third-order valence-electron chi connectivity index (χ3n) is 4.74. The van der Waals surface area contributed by atoms with E-state index in [9.17, 15) is 18.0 Å². The van der Waals surface area contributed by atoms with Gasteiger partial charge in [-0.25, -0.2) is 0 Å². The number of alkyl halides is 3. The van der Waals surface area contributed by atoms with E-state index in [4.69, 9.17) is 9.47 Å². The van der Waals surface area contributed by atoms with Gasteiger partial charge < -0.3 is 24.2 Å². The molecule has 0 unspecified atom stereocenters. The van der Waals surface area contributed by atoms with Gasteiger partial charge in [-0.3, -0.25) is 4.79 Å². The van der Waals surface area contributed by atoms with Crippen molar-refractivity contribution in [2.75, 3.05) is 38.3 Å². The first-order valence-electron chi connectivity index (χ1n) is 9.72. The van der Waals surface area contributed by atoms with Crippen LogP contribution in [0.15, 0.2) is 47.0 Å². The molecule has 1 aromatic heterocycles. The van der Waals surface area contributed by atoms with Gasteiger partial charge in [0.25, 0.3) is 5.91 Å². The highest BCUT2D eigenvalue weighted by Gasteiger charge is 2.38. The second kappa shape index (κ2) is 8.77. The number of fused-ring (bicyclic) bond motifs is 1. The van der Waals surface area contributed by atoms with E-state index in [1.807, 2.05) is 30.1 Å². The lowest BCUT2D eigenvalue weighted by atomic mass is 10.1. The number of aromatic nitrogens is 2. The minimum atomic E-state index is -4.73. The fourth-order valence-corrected chi connectivity index (χ4v) is 3.17. The molecule has 32 heavy (non-hydrogen) atoms. The number of amides is 1. The second-order valence-corrected chi connectivity index (χ2v) is 6.98. The first kappa shape index (κ1) is 21.5. The lowest BCUT2D eigenvalue weighted by molar-refractivity contribution is -0.159. The summed E-state index contributed by atoms with van der Waals surface area (Å²) in [5.41, 5.74) is 1.34. The molecule has 8 nitrogen and oxygen atoms in total. The molecule has 1 N–H and O–H groups in total. The lowest BCUT2D eigenvalue weighted by Crippen LogP contribution is -2.33. The van der Waals surface area contributed by atoms with Gasteiger partial charge in [-0.1, -0.05) is 23.4 Å². The van der Waals surface area contributed by atoms with Crippen LogP contribution in [0, 0.1) is 0 Å². The van der Waals surface area contributed by atoms with Crippen molar-refractivity contribution in [3.63, 3.8) is 0 Å². The number of carbonyl (C=O) groups excluding carboxylic acids is 1. The van der Waals surface area contributed by atoms with Crippen LogP contribution < -0.4 is 19.7 Å². The smallest absolute Gasteiger partial charge is 0.471 e. The van der Waals surface area contributed by atoms with E-state index in [1.165, 1.54) is 18.2 Å². The number of hydrogen-bond donors (Lipinski definition) is 1. The van der Waals surface area contributed by atoms with E-state index in [0.29, 0.717) is 37.8 Å². The molecule has 1 aliphatic heterocycles. The average Bonchev–Trinajstić information content (AvgIpc) is 3.30. The van der Waals surface area contributed by atoms with Gasteiger partial charge in [0, 0.05) is 31.3 Å². The van der Waals surface area contributed by atoms with Crippen molar-refractivity contribution in [2.24, 2.45) is 0 Å². The summed E-state index contributed by atoms with van der Waals surface area (Å²) in [5, 5.41) is 6.13. The van der Waals surface area contributed by atoms with Crippen molar-refractivity contribution in [3.05, 3.63) is 53.9 Å². The van der Waals surface area contributed by atoms with Crippen LogP contribution in [0.25, 0.3) is 11.4 Å². The lowest BCUT2D eigenvalue weighted by Gasteiger charge is -2.26. The van der Waals surface area contributed by atoms with Crippen LogP contribution in [0.3, 0.4) is 0 Å². The van der Waals surface area contributed by atoms with Gasteiger partial charge in [-0.05, 0) is 24.3 Å². The first-order chi connectivity index (χ1) is 15.3. The molecule has 2 heterocycles. The topological polar surface area (TPSA) is 89.7 Å². The highest BCUT2D eigenvalue weighted by molar-refractivity contribution is 5.95. The molecule has 1 aliphatic rings. The Morgan fingerprint density at radius 1 is 1.16 bits per heavy atom. The van der Waals surface area contributed by atoms with Crippen molar-refractivity contribution in [1.29, 1.82) is 0 Å². The second-order valence-electron chi connectivity index (χ2n) is 6.98. The molecule has 0 saturated heterocycles. The summed E-state index contributed by atoms with van der Waals surface area (Å²) < 4.78 is 53.5. The monoisotopic (exact) mass is 448 g/mol. The van der Waals surface area contributed by atoms with E-state index in [2.05, 4.69) is 20.0 Å². The predicted molar refractivity (Wildman–Crippen MR) is 108 cm³/mol.